The van der Waals surface area contributed by atoms with Gasteiger partial charge in [0.15, 0.2) is 9.84 Å². The van der Waals surface area contributed by atoms with Gasteiger partial charge in [0.05, 0.1) is 10.6 Å². The molecule has 0 bridgehead atoms. The number of benzene rings is 2. The molecule has 0 fully saturated rings. The van der Waals surface area contributed by atoms with Crippen LogP contribution in [-0.2, 0) is 21.9 Å². The predicted octanol–water partition coefficient (Wildman–Crippen LogP) is 2.93. The molecule has 1 unspecified atom stereocenters. The van der Waals surface area contributed by atoms with Crippen molar-refractivity contribution in [1.82, 2.24) is 0 Å². The van der Waals surface area contributed by atoms with Crippen LogP contribution < -0.4 is 0 Å². The van der Waals surface area contributed by atoms with Crippen molar-refractivity contribution in [3.63, 3.8) is 0 Å². The number of sulfone groups is 1. The van der Waals surface area contributed by atoms with Gasteiger partial charge >= 0.3 is 0 Å². The summed E-state index contributed by atoms with van der Waals surface area (Å²) >= 11 is 0. The SMILES string of the molecule is CCc1ccc(S(=O)(=O)CC(C)(O)c2ccccc2)cc1. The molecule has 0 amide bonds. The van der Waals surface area contributed by atoms with E-state index < -0.39 is 15.4 Å². The maximum atomic E-state index is 12.5. The normalized spacial score (nSPS) is 14.6. The predicted molar refractivity (Wildman–Crippen MR) is 83.9 cm³/mol. The molecule has 4 heteroatoms. The fraction of sp³-hybridized carbons (Fsp3) is 0.294. The van der Waals surface area contributed by atoms with E-state index in [2.05, 4.69) is 0 Å². The van der Waals surface area contributed by atoms with Gasteiger partial charge < -0.3 is 5.11 Å². The fourth-order valence-corrected chi connectivity index (χ4v) is 3.89. The first-order valence-electron chi connectivity index (χ1n) is 6.95. The number of aliphatic hydroxyl groups is 1. The summed E-state index contributed by atoms with van der Waals surface area (Å²) in [4.78, 5) is 0.246. The highest BCUT2D eigenvalue weighted by Gasteiger charge is 2.31. The zero-order chi connectivity index (χ0) is 15.5. The highest BCUT2D eigenvalue weighted by molar-refractivity contribution is 7.91. The molecule has 112 valence electrons. The zero-order valence-corrected chi connectivity index (χ0v) is 13.1. The van der Waals surface area contributed by atoms with E-state index in [1.807, 2.05) is 25.1 Å². The Morgan fingerprint density at radius 2 is 1.57 bits per heavy atom. The van der Waals surface area contributed by atoms with Crippen LogP contribution in [0.15, 0.2) is 59.5 Å². The zero-order valence-electron chi connectivity index (χ0n) is 12.3. The van der Waals surface area contributed by atoms with Crippen molar-refractivity contribution < 1.29 is 13.5 Å². The number of hydrogen-bond donors (Lipinski definition) is 1. The number of rotatable bonds is 5. The van der Waals surface area contributed by atoms with Crippen molar-refractivity contribution in [3.8, 4) is 0 Å². The summed E-state index contributed by atoms with van der Waals surface area (Å²) in [5.74, 6) is -0.338. The molecule has 0 saturated carbocycles. The van der Waals surface area contributed by atoms with Crippen molar-refractivity contribution >= 4 is 9.84 Å². The van der Waals surface area contributed by atoms with Crippen LogP contribution >= 0.6 is 0 Å². The number of hydrogen-bond acceptors (Lipinski definition) is 3. The third-order valence-corrected chi connectivity index (χ3v) is 5.49. The van der Waals surface area contributed by atoms with Crippen LogP contribution in [0.4, 0.5) is 0 Å². The minimum atomic E-state index is -3.54. The lowest BCUT2D eigenvalue weighted by Gasteiger charge is -2.23. The van der Waals surface area contributed by atoms with E-state index in [-0.39, 0.29) is 10.6 Å². The van der Waals surface area contributed by atoms with Gasteiger partial charge in [0, 0.05) is 0 Å². The van der Waals surface area contributed by atoms with Gasteiger partial charge in [-0.3, -0.25) is 0 Å². The molecule has 21 heavy (non-hydrogen) atoms. The molecular formula is C17H20O3S. The van der Waals surface area contributed by atoms with Crippen LogP contribution in [0.2, 0.25) is 0 Å². The van der Waals surface area contributed by atoms with Gasteiger partial charge in [0.2, 0.25) is 0 Å². The molecule has 0 heterocycles. The Morgan fingerprint density at radius 3 is 2.10 bits per heavy atom. The second-order valence-electron chi connectivity index (χ2n) is 5.40. The van der Waals surface area contributed by atoms with E-state index >= 15 is 0 Å². The molecule has 0 saturated heterocycles. The highest BCUT2D eigenvalue weighted by atomic mass is 32.2. The van der Waals surface area contributed by atoms with Crippen molar-refractivity contribution in [2.24, 2.45) is 0 Å². The van der Waals surface area contributed by atoms with Crippen LogP contribution in [0.5, 0.6) is 0 Å². The quantitative estimate of drug-likeness (QED) is 0.924. The Hall–Kier alpha value is -1.65. The molecule has 3 nitrogen and oxygen atoms in total. The largest absolute Gasteiger partial charge is 0.384 e. The lowest BCUT2D eigenvalue weighted by atomic mass is 9.99. The van der Waals surface area contributed by atoms with Crippen LogP contribution in [0.25, 0.3) is 0 Å². The Bertz CT molecular complexity index is 687. The minimum absolute atomic E-state index is 0.246. The Morgan fingerprint density at radius 1 is 1.00 bits per heavy atom. The Labute approximate surface area is 126 Å². The smallest absolute Gasteiger partial charge is 0.181 e. The van der Waals surface area contributed by atoms with Gasteiger partial charge in [-0.15, -0.1) is 0 Å². The first-order valence-corrected chi connectivity index (χ1v) is 8.60. The summed E-state index contributed by atoms with van der Waals surface area (Å²) < 4.78 is 24.9. The van der Waals surface area contributed by atoms with Gasteiger partial charge in [-0.1, -0.05) is 49.4 Å². The van der Waals surface area contributed by atoms with E-state index in [9.17, 15) is 13.5 Å². The highest BCUT2D eigenvalue weighted by Crippen LogP contribution is 2.25. The third-order valence-electron chi connectivity index (χ3n) is 3.56. The lowest BCUT2D eigenvalue weighted by molar-refractivity contribution is 0.0819. The first kappa shape index (κ1) is 15.7. The van der Waals surface area contributed by atoms with E-state index in [1.54, 1.807) is 36.4 Å². The van der Waals surface area contributed by atoms with Gasteiger partial charge in [-0.05, 0) is 36.6 Å². The Kier molecular flexibility index (Phi) is 4.49. The van der Waals surface area contributed by atoms with Gasteiger partial charge in [-0.2, -0.15) is 0 Å². The molecule has 1 atom stereocenters. The summed E-state index contributed by atoms with van der Waals surface area (Å²) in [5, 5.41) is 10.5. The molecule has 0 aromatic heterocycles. The van der Waals surface area contributed by atoms with Gasteiger partial charge in [-0.25, -0.2) is 8.42 Å². The molecule has 0 aliphatic rings. The fourth-order valence-electron chi connectivity index (χ4n) is 2.27. The van der Waals surface area contributed by atoms with E-state index in [1.165, 1.54) is 6.92 Å². The summed E-state index contributed by atoms with van der Waals surface area (Å²) in [7, 11) is -3.54. The lowest BCUT2D eigenvalue weighted by Crippen LogP contribution is -2.31. The first-order chi connectivity index (χ1) is 9.85. The molecule has 2 aromatic rings. The molecule has 2 rings (SSSR count). The van der Waals surface area contributed by atoms with Crippen LogP contribution in [0.3, 0.4) is 0 Å². The Balaban J connectivity index is 2.28. The monoisotopic (exact) mass is 304 g/mol. The van der Waals surface area contributed by atoms with E-state index in [4.69, 9.17) is 0 Å². The van der Waals surface area contributed by atoms with Crippen LogP contribution in [0.1, 0.15) is 25.0 Å². The second kappa shape index (κ2) is 6.00. The van der Waals surface area contributed by atoms with Crippen LogP contribution in [-0.4, -0.2) is 19.3 Å². The van der Waals surface area contributed by atoms with Crippen LogP contribution in [0, 0.1) is 0 Å². The maximum Gasteiger partial charge on any atom is 0.181 e. The van der Waals surface area contributed by atoms with E-state index in [0.717, 1.165) is 12.0 Å². The topological polar surface area (TPSA) is 54.4 Å². The molecule has 0 radical (unpaired) electrons. The van der Waals surface area contributed by atoms with Gasteiger partial charge in [0.1, 0.15) is 5.60 Å². The van der Waals surface area contributed by atoms with Crippen molar-refractivity contribution in [2.45, 2.75) is 30.8 Å². The standard InChI is InChI=1S/C17H20O3S/c1-3-14-9-11-16(12-10-14)21(19,20)13-17(2,18)15-7-5-4-6-8-15/h4-12,18H,3,13H2,1-2H3. The second-order valence-corrected chi connectivity index (χ2v) is 7.39. The summed E-state index contributed by atoms with van der Waals surface area (Å²) in [6.45, 7) is 3.55. The summed E-state index contributed by atoms with van der Waals surface area (Å²) in [5.41, 5.74) is 0.270. The molecule has 1 N–H and O–H groups in total. The average Bonchev–Trinajstić information content (AvgIpc) is 2.47. The van der Waals surface area contributed by atoms with Crippen molar-refractivity contribution in [1.29, 1.82) is 0 Å². The number of aryl methyl sites for hydroxylation is 1. The van der Waals surface area contributed by atoms with Gasteiger partial charge in [0.25, 0.3) is 0 Å². The molecule has 0 aliphatic carbocycles. The minimum Gasteiger partial charge on any atom is -0.384 e. The molecule has 0 aliphatic heterocycles. The van der Waals surface area contributed by atoms with E-state index in [0.29, 0.717) is 5.56 Å². The molecule has 0 spiro atoms. The molecule has 2 aromatic carbocycles. The third kappa shape index (κ3) is 3.71. The van der Waals surface area contributed by atoms with Crippen molar-refractivity contribution in [3.05, 3.63) is 65.7 Å². The summed E-state index contributed by atoms with van der Waals surface area (Å²) in [6.07, 6.45) is 0.863. The van der Waals surface area contributed by atoms with Crippen molar-refractivity contribution in [2.75, 3.05) is 5.75 Å². The maximum absolute atomic E-state index is 12.5. The summed E-state index contributed by atoms with van der Waals surface area (Å²) in [6, 6.07) is 15.7. The average molecular weight is 304 g/mol. The molecular weight excluding hydrogens is 284 g/mol.